The molecule has 0 saturated carbocycles. The number of aryl methyl sites for hydroxylation is 2. The Bertz CT molecular complexity index is 1610. The van der Waals surface area contributed by atoms with Gasteiger partial charge in [0.05, 0.1) is 6.61 Å². The molecule has 3 amide bonds. The maximum Gasteiger partial charge on any atom is 0.408 e. The highest BCUT2D eigenvalue weighted by Gasteiger charge is 2.37. The monoisotopic (exact) mass is 595 g/mol. The number of aliphatic hydroxyl groups excluding tert-OH is 1. The maximum absolute atomic E-state index is 14.4. The Hall–Kier alpha value is -4.69. The molecular weight excluding hydrogens is 554 g/mol. The van der Waals surface area contributed by atoms with Crippen LogP contribution in [0.3, 0.4) is 0 Å². The lowest BCUT2D eigenvalue weighted by atomic mass is 9.95. The molecule has 0 heterocycles. The molecule has 0 aliphatic heterocycles. The van der Waals surface area contributed by atoms with Gasteiger partial charge in [0.2, 0.25) is 5.91 Å². The summed E-state index contributed by atoms with van der Waals surface area (Å²) in [4.78, 5) is 43.0. The van der Waals surface area contributed by atoms with E-state index in [1.54, 1.807) is 20.8 Å². The van der Waals surface area contributed by atoms with Gasteiger partial charge in [0, 0.05) is 18.7 Å². The Kier molecular flexibility index (Phi) is 10.4. The molecule has 0 radical (unpaired) electrons. The molecule has 0 spiro atoms. The summed E-state index contributed by atoms with van der Waals surface area (Å²) in [5.41, 5.74) is 2.96. The molecule has 0 aliphatic rings. The van der Waals surface area contributed by atoms with Crippen LogP contribution in [0.1, 0.15) is 49.1 Å². The van der Waals surface area contributed by atoms with Gasteiger partial charge in [0.15, 0.2) is 0 Å². The fraction of sp³-hybridized carbons (Fsp3) is 0.306. The van der Waals surface area contributed by atoms with Gasteiger partial charge in [-0.3, -0.25) is 9.59 Å². The average molecular weight is 596 g/mol. The summed E-state index contributed by atoms with van der Waals surface area (Å²) in [5.74, 6) is -0.958. The van der Waals surface area contributed by atoms with E-state index in [0.29, 0.717) is 11.3 Å². The number of hydrogen-bond donors (Lipinski definition) is 3. The van der Waals surface area contributed by atoms with Gasteiger partial charge >= 0.3 is 6.09 Å². The van der Waals surface area contributed by atoms with E-state index in [4.69, 9.17) is 4.74 Å². The standard InChI is InChI=1S/C36H41N3O5/c1-24-15-16-25(2)30(21-24)32(33(41)37-29-18-17-27-13-9-10-14-28(27)23-29)39(19-20-40)34(42)31(22-26-11-7-6-8-12-26)38-35(43)44-36(3,4)5/h6-18,21,23,31-32,40H,19-20,22H2,1-5H3,(H,37,41)(H,38,43). The number of amides is 3. The summed E-state index contributed by atoms with van der Waals surface area (Å²) >= 11 is 0. The van der Waals surface area contributed by atoms with Crippen molar-refractivity contribution in [2.75, 3.05) is 18.5 Å². The van der Waals surface area contributed by atoms with E-state index < -0.39 is 35.6 Å². The van der Waals surface area contributed by atoms with Crippen LogP contribution >= 0.6 is 0 Å². The molecule has 2 atom stereocenters. The Labute approximate surface area is 259 Å². The van der Waals surface area contributed by atoms with E-state index in [0.717, 1.165) is 27.5 Å². The summed E-state index contributed by atoms with van der Waals surface area (Å²) in [7, 11) is 0. The number of anilines is 1. The number of nitrogens with one attached hydrogen (secondary N) is 2. The largest absolute Gasteiger partial charge is 0.444 e. The van der Waals surface area contributed by atoms with Crippen LogP contribution in [0.4, 0.5) is 10.5 Å². The van der Waals surface area contributed by atoms with Gasteiger partial charge in [-0.15, -0.1) is 0 Å². The maximum atomic E-state index is 14.4. The molecule has 8 nitrogen and oxygen atoms in total. The number of alkyl carbamates (subject to hydrolysis) is 1. The van der Waals surface area contributed by atoms with Crippen LogP contribution in [0.15, 0.2) is 91.0 Å². The van der Waals surface area contributed by atoms with Crippen molar-refractivity contribution < 1.29 is 24.2 Å². The number of ether oxygens (including phenoxy) is 1. The molecule has 44 heavy (non-hydrogen) atoms. The second-order valence-corrected chi connectivity index (χ2v) is 12.0. The summed E-state index contributed by atoms with van der Waals surface area (Å²) in [6.07, 6.45) is -0.591. The molecule has 0 aromatic heterocycles. The smallest absolute Gasteiger partial charge is 0.408 e. The van der Waals surface area contributed by atoms with Crippen LogP contribution in [0.5, 0.6) is 0 Å². The van der Waals surface area contributed by atoms with Gasteiger partial charge in [0.1, 0.15) is 17.7 Å². The first-order valence-corrected chi connectivity index (χ1v) is 14.8. The molecule has 0 bridgehead atoms. The minimum absolute atomic E-state index is 0.136. The SMILES string of the molecule is Cc1ccc(C)c(C(C(=O)Nc2ccc3ccccc3c2)N(CCO)C(=O)C(Cc2ccccc2)NC(=O)OC(C)(C)C)c1. The van der Waals surface area contributed by atoms with Gasteiger partial charge in [-0.2, -0.15) is 0 Å². The van der Waals surface area contributed by atoms with E-state index in [-0.39, 0.29) is 19.6 Å². The third kappa shape index (κ3) is 8.45. The fourth-order valence-corrected chi connectivity index (χ4v) is 5.16. The van der Waals surface area contributed by atoms with E-state index in [1.165, 1.54) is 4.90 Å². The molecule has 4 aromatic carbocycles. The average Bonchev–Trinajstić information content (AvgIpc) is 2.97. The van der Waals surface area contributed by atoms with Gasteiger partial charge < -0.3 is 25.4 Å². The highest BCUT2D eigenvalue weighted by molar-refractivity contribution is 6.00. The Morgan fingerprint density at radius 2 is 1.55 bits per heavy atom. The summed E-state index contributed by atoms with van der Waals surface area (Å²) < 4.78 is 5.49. The highest BCUT2D eigenvalue weighted by Crippen LogP contribution is 2.29. The van der Waals surface area contributed by atoms with Crippen molar-refractivity contribution in [1.29, 1.82) is 0 Å². The lowest BCUT2D eigenvalue weighted by Gasteiger charge is -2.35. The van der Waals surface area contributed by atoms with E-state index in [1.807, 2.05) is 105 Å². The first kappa shape index (κ1) is 32.2. The van der Waals surface area contributed by atoms with Crippen LogP contribution in [0.25, 0.3) is 10.8 Å². The zero-order valence-corrected chi connectivity index (χ0v) is 26.0. The summed E-state index contributed by atoms with van der Waals surface area (Å²) in [6.45, 7) is 8.50. The van der Waals surface area contributed by atoms with Crippen molar-refractivity contribution >= 4 is 34.4 Å². The van der Waals surface area contributed by atoms with Crippen LogP contribution in [0, 0.1) is 13.8 Å². The Balaban J connectivity index is 1.75. The third-order valence-corrected chi connectivity index (χ3v) is 7.20. The molecule has 0 saturated heterocycles. The van der Waals surface area contributed by atoms with Crippen LogP contribution in [-0.4, -0.2) is 52.7 Å². The van der Waals surface area contributed by atoms with Crippen molar-refractivity contribution in [1.82, 2.24) is 10.2 Å². The lowest BCUT2D eigenvalue weighted by molar-refractivity contribution is -0.141. The highest BCUT2D eigenvalue weighted by atomic mass is 16.6. The first-order chi connectivity index (χ1) is 20.9. The molecule has 8 heteroatoms. The van der Waals surface area contributed by atoms with Crippen LogP contribution in [-0.2, 0) is 20.7 Å². The van der Waals surface area contributed by atoms with Gasteiger partial charge in [-0.1, -0.05) is 84.4 Å². The van der Waals surface area contributed by atoms with Crippen molar-refractivity contribution in [3.8, 4) is 0 Å². The molecule has 4 rings (SSSR count). The molecule has 0 fully saturated rings. The Morgan fingerprint density at radius 3 is 2.23 bits per heavy atom. The fourth-order valence-electron chi connectivity index (χ4n) is 5.16. The minimum Gasteiger partial charge on any atom is -0.444 e. The van der Waals surface area contributed by atoms with Crippen molar-refractivity contribution in [3.63, 3.8) is 0 Å². The summed E-state index contributed by atoms with van der Waals surface area (Å²) in [6, 6.07) is 26.3. The number of rotatable bonds is 10. The second-order valence-electron chi connectivity index (χ2n) is 12.0. The number of fused-ring (bicyclic) bond motifs is 1. The molecular formula is C36H41N3O5. The quantitative estimate of drug-likeness (QED) is 0.206. The van der Waals surface area contributed by atoms with Gasteiger partial charge in [-0.25, -0.2) is 4.79 Å². The second kappa shape index (κ2) is 14.2. The predicted molar refractivity (Wildman–Crippen MR) is 173 cm³/mol. The van der Waals surface area contributed by atoms with Crippen LogP contribution in [0.2, 0.25) is 0 Å². The molecule has 3 N–H and O–H groups in total. The predicted octanol–water partition coefficient (Wildman–Crippen LogP) is 6.09. The number of carbonyl (C=O) groups excluding carboxylic acids is 3. The third-order valence-electron chi connectivity index (χ3n) is 7.20. The lowest BCUT2D eigenvalue weighted by Crippen LogP contribution is -2.54. The van der Waals surface area contributed by atoms with Crippen LogP contribution < -0.4 is 10.6 Å². The van der Waals surface area contributed by atoms with E-state index in [9.17, 15) is 19.5 Å². The number of nitrogens with zero attached hydrogens (tertiary/aromatic N) is 1. The number of aliphatic hydroxyl groups is 1. The van der Waals surface area contributed by atoms with Gasteiger partial charge in [-0.05, 0) is 74.2 Å². The van der Waals surface area contributed by atoms with E-state index in [2.05, 4.69) is 10.6 Å². The summed E-state index contributed by atoms with van der Waals surface area (Å²) in [5, 5.41) is 17.9. The molecule has 4 aromatic rings. The zero-order chi connectivity index (χ0) is 31.9. The van der Waals surface area contributed by atoms with Crippen molar-refractivity contribution in [2.45, 2.75) is 58.7 Å². The first-order valence-electron chi connectivity index (χ1n) is 14.8. The molecule has 0 aliphatic carbocycles. The van der Waals surface area contributed by atoms with Crippen molar-refractivity contribution in [3.05, 3.63) is 113 Å². The zero-order valence-electron chi connectivity index (χ0n) is 26.0. The van der Waals surface area contributed by atoms with Crippen molar-refractivity contribution in [2.24, 2.45) is 0 Å². The molecule has 2 unspecified atom stereocenters. The topological polar surface area (TPSA) is 108 Å². The molecule has 230 valence electrons. The minimum atomic E-state index is -1.10. The normalized spacial score (nSPS) is 12.7. The number of carbonyl (C=O) groups is 3. The Morgan fingerprint density at radius 1 is 0.864 bits per heavy atom. The number of benzene rings is 4. The van der Waals surface area contributed by atoms with E-state index >= 15 is 0 Å². The van der Waals surface area contributed by atoms with Gasteiger partial charge in [0.25, 0.3) is 5.91 Å². The number of hydrogen-bond acceptors (Lipinski definition) is 5.